The van der Waals surface area contributed by atoms with Crippen molar-refractivity contribution in [1.82, 2.24) is 13.7 Å². The van der Waals surface area contributed by atoms with Gasteiger partial charge in [-0.1, -0.05) is 253 Å². The van der Waals surface area contributed by atoms with Gasteiger partial charge < -0.3 is 23.5 Å². The topological polar surface area (TPSA) is 45.1 Å². The van der Waals surface area contributed by atoms with Crippen LogP contribution in [0.5, 0.6) is 0 Å². The van der Waals surface area contributed by atoms with Gasteiger partial charge in [-0.05, 0) is 174 Å². The minimum atomic E-state index is -0.788. The maximum atomic E-state index is 11.5. The number of fused-ring (bicyclic) bond motifs is 13. The van der Waals surface area contributed by atoms with Gasteiger partial charge in [-0.2, -0.15) is 5.26 Å². The normalized spacial score (nSPS) is 15.4. The maximum absolute atomic E-state index is 11.5. The Morgan fingerprint density at radius 1 is 0.324 bits per heavy atom. The Morgan fingerprint density at radius 2 is 0.716 bits per heavy atom. The van der Waals surface area contributed by atoms with Crippen molar-refractivity contribution < 1.29 is 21.9 Å². The Hall–Kier alpha value is -11.6. The van der Waals surface area contributed by atoms with E-state index in [9.17, 15) is 21.7 Å². The molecule has 494 valence electrons. The molecular weight excluding hydrogens is 1240 g/mol. The molecule has 2 aliphatic rings. The molecule has 16 aromatic rings. The van der Waals surface area contributed by atoms with E-state index in [2.05, 4.69) is 170 Å². The lowest BCUT2D eigenvalue weighted by molar-refractivity contribution is 0.569. The third kappa shape index (κ3) is 9.74. The molecule has 0 fully saturated rings. The van der Waals surface area contributed by atoms with E-state index in [0.717, 1.165) is 83.2 Å². The van der Waals surface area contributed by atoms with Crippen molar-refractivity contribution >= 4 is 123 Å². The van der Waals surface area contributed by atoms with Crippen LogP contribution in [0.15, 0.2) is 273 Å². The van der Waals surface area contributed by atoms with Gasteiger partial charge in [-0.25, -0.2) is 0 Å². The Labute approximate surface area is 621 Å². The van der Waals surface area contributed by atoms with Gasteiger partial charge in [0.1, 0.15) is 6.07 Å². The first-order chi connectivity index (χ1) is 55.7. The molecule has 0 saturated carbocycles. The Kier molecular flexibility index (Phi) is 10.6. The van der Waals surface area contributed by atoms with Crippen LogP contribution >= 0.6 is 0 Å². The second-order valence-electron chi connectivity index (χ2n) is 31.4. The molecule has 0 N–H and O–H groups in total. The van der Waals surface area contributed by atoms with Crippen LogP contribution in [0.3, 0.4) is 0 Å². The fourth-order valence-corrected chi connectivity index (χ4v) is 15.7. The summed E-state index contributed by atoms with van der Waals surface area (Å²) in [4.78, 5) is 4.52. The first-order valence-electron chi connectivity index (χ1n) is 42.8. The average Bonchev–Trinajstić information content (AvgIpc) is 1.04. The zero-order chi connectivity index (χ0) is 84.0. The SMILES string of the molecule is [2H]c1c([2H])c([2H])c2c(c1[2H])c1c([2H])c([2H])c([2H])c([2H])c1n2-c1ccc2c(c1)N(c1ccc(C#N)c(-n3c4ccccc4c4ccccc43)c1)c1cc(C(C)(C)C)cc3c1B2c1ccc(-n2c4c([2H])c([2H])c([2H])c([2H])c4c4c([2H])c([2H])c([2H])c([2H])c42)cc1N3c1c(-c2ccccc2)cc(C(C)(C)C)cc1-c1cc(C(C)(C)C)cc(C(C)(C)C)c1. The first kappa shape index (κ1) is 47.5. The van der Waals surface area contributed by atoms with Gasteiger partial charge in [0.25, 0.3) is 6.71 Å². The third-order valence-electron chi connectivity index (χ3n) is 20.9. The number of hydrogen-bond donors (Lipinski definition) is 0. The number of para-hydroxylation sites is 6. The number of benzene rings is 13. The lowest BCUT2D eigenvalue weighted by Crippen LogP contribution is -2.61. The van der Waals surface area contributed by atoms with E-state index in [-0.39, 0.29) is 60.1 Å². The van der Waals surface area contributed by atoms with Gasteiger partial charge in [0.15, 0.2) is 0 Å². The summed E-state index contributed by atoms with van der Waals surface area (Å²) in [6.45, 7) is 25.7. The quantitative estimate of drug-likeness (QED) is 0.149. The summed E-state index contributed by atoms with van der Waals surface area (Å²) in [6, 6.07) is 54.0. The standard InChI is InChI=1S/C95H81BN6/c1-92(2,3)62-48-61(49-63(50-62)93(4,5)6)76-52-64(94(7,8)9)51-75(59-28-14-13-15-29-59)91(76)102-87-57-68(99-81-38-24-18-32-71(81)72-33-19-25-39-82(72)99)45-47-78(87)96-77-46-44-67(98-79-36-22-16-30-69(79)70-31-17-23-37-80(70)98)56-86(77)100(88-53-65(95(10,11)12)54-89(102)90(88)96)66-43-42-60(58-97)85(55-66)101-83-40-26-20-34-73(83)74-35-21-27-41-84(74)101/h13-57H,1-12H3/i16D,17D,18D,19D,22D,23D,24D,25D,30D,31D,32D,33D,36D,37D,38D,39D. The molecule has 2 aliphatic heterocycles. The summed E-state index contributed by atoms with van der Waals surface area (Å²) in [5, 5.41) is 13.1. The summed E-state index contributed by atoms with van der Waals surface area (Å²) in [5.41, 5.74) is 14.9. The molecule has 13 aromatic carbocycles. The number of rotatable bonds is 7. The van der Waals surface area contributed by atoms with Crippen LogP contribution < -0.4 is 26.2 Å². The van der Waals surface area contributed by atoms with E-state index in [1.807, 2.05) is 109 Å². The van der Waals surface area contributed by atoms with Gasteiger partial charge in [0.05, 0.1) is 72.0 Å². The highest BCUT2D eigenvalue weighted by Gasteiger charge is 2.46. The number of aromatic nitrogens is 3. The van der Waals surface area contributed by atoms with E-state index >= 15 is 0 Å². The van der Waals surface area contributed by atoms with Crippen molar-refractivity contribution in [3.63, 3.8) is 0 Å². The third-order valence-corrected chi connectivity index (χ3v) is 20.9. The van der Waals surface area contributed by atoms with Crippen molar-refractivity contribution in [3.05, 3.63) is 300 Å². The van der Waals surface area contributed by atoms with E-state index in [0.29, 0.717) is 50.6 Å². The van der Waals surface area contributed by atoms with Crippen LogP contribution in [0.2, 0.25) is 0 Å². The minimum Gasteiger partial charge on any atom is -0.311 e. The van der Waals surface area contributed by atoms with Gasteiger partial charge in [0, 0.05) is 83.3 Å². The molecule has 0 bridgehead atoms. The monoisotopic (exact) mass is 1330 g/mol. The van der Waals surface area contributed by atoms with Crippen molar-refractivity contribution in [2.24, 2.45) is 0 Å². The average molecular weight is 1330 g/mol. The fraction of sp³-hybridized carbons (Fsp3) is 0.168. The predicted molar refractivity (Wildman–Crippen MR) is 434 cm³/mol. The number of hydrogen-bond acceptors (Lipinski definition) is 3. The van der Waals surface area contributed by atoms with Gasteiger partial charge in [-0.3, -0.25) is 0 Å². The highest BCUT2D eigenvalue weighted by Crippen LogP contribution is 2.54. The maximum Gasteiger partial charge on any atom is 0.252 e. The summed E-state index contributed by atoms with van der Waals surface area (Å²) in [6.07, 6.45) is 0. The fourth-order valence-electron chi connectivity index (χ4n) is 15.7. The van der Waals surface area contributed by atoms with E-state index in [1.54, 1.807) is 4.57 Å². The van der Waals surface area contributed by atoms with Crippen LogP contribution in [0.25, 0.3) is 105 Å². The molecule has 3 aromatic heterocycles. The van der Waals surface area contributed by atoms with Crippen LogP contribution in [-0.2, 0) is 21.7 Å². The van der Waals surface area contributed by atoms with Crippen LogP contribution in [0, 0.1) is 11.3 Å². The van der Waals surface area contributed by atoms with Crippen molar-refractivity contribution in [3.8, 4) is 45.4 Å². The number of nitrogens with zero attached hydrogens (tertiary/aromatic N) is 6. The Morgan fingerprint density at radius 3 is 1.19 bits per heavy atom. The molecule has 7 heteroatoms. The Bertz CT molecular complexity index is 6990. The number of nitriles is 1. The molecular formula is C95H81BN6. The highest BCUT2D eigenvalue weighted by atomic mass is 15.2. The lowest BCUT2D eigenvalue weighted by Gasteiger charge is -2.46. The smallest absolute Gasteiger partial charge is 0.252 e. The largest absolute Gasteiger partial charge is 0.311 e. The number of anilines is 6. The molecule has 0 atom stereocenters. The zero-order valence-corrected chi connectivity index (χ0v) is 59.0. The lowest BCUT2D eigenvalue weighted by atomic mass is 9.33. The first-order valence-corrected chi connectivity index (χ1v) is 34.8. The molecule has 18 rings (SSSR count). The van der Waals surface area contributed by atoms with Gasteiger partial charge >= 0.3 is 0 Å². The van der Waals surface area contributed by atoms with Gasteiger partial charge in [-0.15, -0.1) is 0 Å². The molecule has 0 aliphatic carbocycles. The zero-order valence-electron chi connectivity index (χ0n) is 75.0. The summed E-state index contributed by atoms with van der Waals surface area (Å²) >= 11 is 0. The molecule has 6 nitrogen and oxygen atoms in total. The van der Waals surface area contributed by atoms with Crippen LogP contribution in [0.4, 0.5) is 34.1 Å². The van der Waals surface area contributed by atoms with Crippen LogP contribution in [0.1, 0.15) is 133 Å². The Balaban J connectivity index is 1.06. The second-order valence-corrected chi connectivity index (χ2v) is 31.4. The molecule has 0 spiro atoms. The van der Waals surface area contributed by atoms with Crippen molar-refractivity contribution in [1.29, 1.82) is 5.26 Å². The van der Waals surface area contributed by atoms with Gasteiger partial charge in [0.2, 0.25) is 0 Å². The van der Waals surface area contributed by atoms with Crippen LogP contribution in [-0.4, -0.2) is 20.4 Å². The van der Waals surface area contributed by atoms with E-state index in [1.165, 1.54) is 4.57 Å². The molecule has 5 heterocycles. The second kappa shape index (κ2) is 22.7. The highest BCUT2D eigenvalue weighted by molar-refractivity contribution is 7.00. The molecule has 0 amide bonds. The van der Waals surface area contributed by atoms with Crippen molar-refractivity contribution in [2.45, 2.75) is 105 Å². The van der Waals surface area contributed by atoms with E-state index in [4.69, 9.17) is 5.48 Å². The van der Waals surface area contributed by atoms with Crippen molar-refractivity contribution in [2.75, 3.05) is 9.80 Å². The molecule has 0 unspecified atom stereocenters. The molecule has 0 saturated heterocycles. The summed E-state index contributed by atoms with van der Waals surface area (Å²) in [5.74, 6) is 0. The molecule has 102 heavy (non-hydrogen) atoms. The minimum absolute atomic E-state index is 0.0597. The summed E-state index contributed by atoms with van der Waals surface area (Å²) in [7, 11) is 0. The summed E-state index contributed by atoms with van der Waals surface area (Å²) < 4.78 is 156. The van der Waals surface area contributed by atoms with E-state index < -0.39 is 114 Å². The predicted octanol–water partition coefficient (Wildman–Crippen LogP) is 23.5. The molecule has 0 radical (unpaired) electrons.